The highest BCUT2D eigenvalue weighted by Gasteiger charge is 2.19. The molecule has 6 aromatic rings. The van der Waals surface area contributed by atoms with Gasteiger partial charge in [-0.1, -0.05) is 53.8 Å². The van der Waals surface area contributed by atoms with Crippen molar-refractivity contribution in [2.75, 3.05) is 5.73 Å². The zero-order chi connectivity index (χ0) is 26.8. The Bertz CT molecular complexity index is 1850. The third kappa shape index (κ3) is 4.70. The minimum Gasteiger partial charge on any atom is -0.383 e. The number of nitrogen functional groups attached to an aromatic ring is 1. The largest absolute Gasteiger partial charge is 0.383 e. The Hall–Kier alpha value is -5.40. The molecule has 1 amide bonds. The van der Waals surface area contributed by atoms with E-state index in [9.17, 15) is 4.79 Å². The summed E-state index contributed by atoms with van der Waals surface area (Å²) in [5.74, 6) is 0.734. The van der Waals surface area contributed by atoms with E-state index in [1.165, 1.54) is 6.20 Å². The molecular formula is C29H20N8OS. The number of anilines is 1. The van der Waals surface area contributed by atoms with Crippen LogP contribution in [0.2, 0.25) is 0 Å². The highest BCUT2D eigenvalue weighted by Crippen LogP contribution is 2.31. The lowest BCUT2D eigenvalue weighted by atomic mass is 10.1. The average molecular weight is 529 g/mol. The van der Waals surface area contributed by atoms with Gasteiger partial charge in [0.05, 0.1) is 17.5 Å². The van der Waals surface area contributed by atoms with E-state index in [0.717, 1.165) is 39.4 Å². The van der Waals surface area contributed by atoms with Crippen LogP contribution in [-0.4, -0.2) is 30.4 Å². The monoisotopic (exact) mass is 528 g/mol. The number of hydrogen-bond donors (Lipinski definition) is 2. The molecule has 0 aliphatic carbocycles. The maximum atomic E-state index is 12.4. The molecule has 0 fully saturated rings. The number of thiazole rings is 1. The highest BCUT2D eigenvalue weighted by molar-refractivity contribution is 7.14. The molecule has 4 aromatic heterocycles. The first-order valence-electron chi connectivity index (χ1n) is 12.0. The molecule has 3 N–H and O–H groups in total. The van der Waals surface area contributed by atoms with Gasteiger partial charge in [0.2, 0.25) is 0 Å². The third-order valence-corrected chi connectivity index (χ3v) is 7.03. The van der Waals surface area contributed by atoms with Crippen LogP contribution < -0.4 is 11.1 Å². The van der Waals surface area contributed by atoms with Gasteiger partial charge in [-0.15, -0.1) is 0 Å². The molecule has 0 radical (unpaired) electrons. The summed E-state index contributed by atoms with van der Waals surface area (Å²) in [6, 6.07) is 27.3. The molecule has 0 atom stereocenters. The number of pyridine rings is 2. The summed E-state index contributed by atoms with van der Waals surface area (Å²) in [7, 11) is 0. The molecule has 6 rings (SSSR count). The summed E-state index contributed by atoms with van der Waals surface area (Å²) in [4.78, 5) is 30.9. The van der Waals surface area contributed by atoms with E-state index in [0.29, 0.717) is 34.3 Å². The Balaban J connectivity index is 1.37. The Morgan fingerprint density at radius 1 is 0.974 bits per heavy atom. The van der Waals surface area contributed by atoms with Gasteiger partial charge in [0, 0.05) is 24.0 Å². The third-order valence-electron chi connectivity index (χ3n) is 6.13. The normalized spacial score (nSPS) is 10.8. The number of benzene rings is 2. The van der Waals surface area contributed by atoms with Crippen molar-refractivity contribution in [3.63, 3.8) is 0 Å². The van der Waals surface area contributed by atoms with E-state index in [1.807, 2.05) is 89.5 Å². The quantitative estimate of drug-likeness (QED) is 0.311. The van der Waals surface area contributed by atoms with Crippen molar-refractivity contribution in [1.82, 2.24) is 29.8 Å². The lowest BCUT2D eigenvalue weighted by Gasteiger charge is -2.12. The molecule has 0 unspecified atom stereocenters. The molecule has 39 heavy (non-hydrogen) atoms. The van der Waals surface area contributed by atoms with Gasteiger partial charge in [-0.05, 0) is 42.0 Å². The van der Waals surface area contributed by atoms with Crippen LogP contribution in [0.1, 0.15) is 20.2 Å². The van der Waals surface area contributed by atoms with Crippen LogP contribution in [0.25, 0.3) is 39.5 Å². The van der Waals surface area contributed by atoms with Gasteiger partial charge >= 0.3 is 0 Å². The summed E-state index contributed by atoms with van der Waals surface area (Å²) >= 11 is 1.06. The topological polar surface area (TPSA) is 135 Å². The fourth-order valence-corrected chi connectivity index (χ4v) is 4.85. The summed E-state index contributed by atoms with van der Waals surface area (Å²) in [6.45, 7) is 0.322. The van der Waals surface area contributed by atoms with Gasteiger partial charge in [-0.3, -0.25) is 9.36 Å². The predicted molar refractivity (Wildman–Crippen MR) is 150 cm³/mol. The lowest BCUT2D eigenvalue weighted by molar-refractivity contribution is 0.0954. The number of nitriles is 1. The number of amides is 1. The van der Waals surface area contributed by atoms with Crippen LogP contribution >= 0.6 is 11.3 Å². The van der Waals surface area contributed by atoms with E-state index in [1.54, 1.807) is 6.20 Å². The van der Waals surface area contributed by atoms with Crippen molar-refractivity contribution in [3.05, 3.63) is 107 Å². The molecule has 0 spiro atoms. The number of fused-ring (bicyclic) bond motifs is 1. The molecule has 0 aliphatic rings. The van der Waals surface area contributed by atoms with Gasteiger partial charge in [0.1, 0.15) is 22.3 Å². The van der Waals surface area contributed by atoms with Crippen molar-refractivity contribution in [3.8, 4) is 34.4 Å². The van der Waals surface area contributed by atoms with Crippen molar-refractivity contribution < 1.29 is 4.79 Å². The van der Waals surface area contributed by atoms with E-state index >= 15 is 0 Å². The minimum atomic E-state index is -0.273. The number of aromatic nitrogens is 5. The number of imidazole rings is 1. The summed E-state index contributed by atoms with van der Waals surface area (Å²) in [6.07, 6.45) is 3.06. The van der Waals surface area contributed by atoms with Crippen LogP contribution in [0.15, 0.2) is 91.3 Å². The second-order valence-electron chi connectivity index (χ2n) is 8.60. The fourth-order valence-electron chi connectivity index (χ4n) is 4.22. The molecule has 188 valence electrons. The average Bonchev–Trinajstić information content (AvgIpc) is 3.62. The zero-order valence-electron chi connectivity index (χ0n) is 20.4. The molecule has 0 aliphatic heterocycles. The molecule has 0 bridgehead atoms. The van der Waals surface area contributed by atoms with E-state index in [-0.39, 0.29) is 10.9 Å². The maximum absolute atomic E-state index is 12.4. The van der Waals surface area contributed by atoms with Crippen LogP contribution in [0.5, 0.6) is 0 Å². The first kappa shape index (κ1) is 24.0. The lowest BCUT2D eigenvalue weighted by Crippen LogP contribution is -2.21. The fraction of sp³-hybridized carbons (Fsp3) is 0.0345. The number of nitrogens with zero attached hydrogens (tertiary/aromatic N) is 6. The number of carbonyl (C=O) groups excluding carboxylic acids is 1. The molecule has 4 heterocycles. The molecule has 10 heteroatoms. The zero-order valence-corrected chi connectivity index (χ0v) is 21.3. The first-order chi connectivity index (χ1) is 19.1. The molecular weight excluding hydrogens is 508 g/mol. The Labute approximate surface area is 227 Å². The van der Waals surface area contributed by atoms with E-state index < -0.39 is 0 Å². The van der Waals surface area contributed by atoms with Gasteiger partial charge in [-0.2, -0.15) is 5.26 Å². The summed E-state index contributed by atoms with van der Waals surface area (Å²) in [5, 5.41) is 12.1. The van der Waals surface area contributed by atoms with E-state index in [2.05, 4.69) is 15.3 Å². The van der Waals surface area contributed by atoms with Gasteiger partial charge in [0.25, 0.3) is 5.91 Å². The second-order valence-corrected chi connectivity index (χ2v) is 9.63. The SMILES string of the molecule is N#Cc1ncc(C(=O)NCc2ccc(-n3c(-c4cccnc4N)nc4ccc(-c5ccccc5)nc43)cc2)s1. The van der Waals surface area contributed by atoms with Crippen molar-refractivity contribution in [1.29, 1.82) is 5.26 Å². The number of nitrogens with one attached hydrogen (secondary N) is 1. The molecule has 0 saturated carbocycles. The molecule has 0 saturated heterocycles. The Morgan fingerprint density at radius 2 is 1.79 bits per heavy atom. The number of carbonyl (C=O) groups is 1. The predicted octanol–water partition coefficient (Wildman–Crippen LogP) is 4.99. The number of hydrogen-bond acceptors (Lipinski definition) is 8. The minimum absolute atomic E-state index is 0.256. The van der Waals surface area contributed by atoms with Gasteiger partial charge in [0.15, 0.2) is 16.5 Å². The Morgan fingerprint density at radius 3 is 2.54 bits per heavy atom. The van der Waals surface area contributed by atoms with Crippen LogP contribution in [0, 0.1) is 11.3 Å². The van der Waals surface area contributed by atoms with Crippen LogP contribution in [0.4, 0.5) is 5.82 Å². The summed E-state index contributed by atoms with van der Waals surface area (Å²) in [5.41, 5.74) is 11.9. The van der Waals surface area contributed by atoms with Gasteiger partial charge < -0.3 is 11.1 Å². The highest BCUT2D eigenvalue weighted by atomic mass is 32.1. The van der Waals surface area contributed by atoms with Gasteiger partial charge in [-0.25, -0.2) is 19.9 Å². The maximum Gasteiger partial charge on any atom is 0.263 e. The molecule has 2 aromatic carbocycles. The van der Waals surface area contributed by atoms with Crippen molar-refractivity contribution in [2.24, 2.45) is 0 Å². The number of nitrogens with two attached hydrogens (primary N) is 1. The van der Waals surface area contributed by atoms with Crippen molar-refractivity contribution in [2.45, 2.75) is 6.54 Å². The summed E-state index contributed by atoms with van der Waals surface area (Å²) < 4.78 is 1.97. The number of rotatable bonds is 6. The molecule has 9 nitrogen and oxygen atoms in total. The van der Waals surface area contributed by atoms with Crippen LogP contribution in [-0.2, 0) is 6.54 Å². The van der Waals surface area contributed by atoms with E-state index in [4.69, 9.17) is 21.0 Å². The standard InChI is InChI=1S/C29H20N8OS/c30-15-25-33-17-24(39-25)29(38)34-16-18-8-10-20(11-9-18)37-27(21-7-4-14-32-26(21)31)36-23-13-12-22(35-28(23)37)19-5-2-1-3-6-19/h1-14,17H,16H2,(H2,31,32)(H,34,38). The first-order valence-corrected chi connectivity index (χ1v) is 12.8. The van der Waals surface area contributed by atoms with Crippen molar-refractivity contribution >= 4 is 34.2 Å². The Kier molecular flexibility index (Phi) is 6.24. The van der Waals surface area contributed by atoms with Crippen LogP contribution in [0.3, 0.4) is 0 Å². The second kappa shape index (κ2) is 10.2. The smallest absolute Gasteiger partial charge is 0.263 e.